The van der Waals surface area contributed by atoms with E-state index in [2.05, 4.69) is 15.9 Å². The van der Waals surface area contributed by atoms with Gasteiger partial charge in [0.1, 0.15) is 5.02 Å². The third kappa shape index (κ3) is 5.13. The summed E-state index contributed by atoms with van der Waals surface area (Å²) in [6.07, 6.45) is 4.93. The molecular formula is C34H22BrCl2N3O7. The number of pyridine rings is 1. The lowest BCUT2D eigenvalue weighted by Crippen LogP contribution is -2.32. The summed E-state index contributed by atoms with van der Waals surface area (Å²) in [4.78, 5) is 69.5. The van der Waals surface area contributed by atoms with Crippen LogP contribution in [0.3, 0.4) is 0 Å². The van der Waals surface area contributed by atoms with Crippen molar-refractivity contribution in [3.05, 3.63) is 108 Å². The molecule has 4 unspecified atom stereocenters. The number of nitro benzene ring substituents is 1. The van der Waals surface area contributed by atoms with Gasteiger partial charge in [-0.2, -0.15) is 0 Å². The molecule has 0 radical (unpaired) electrons. The summed E-state index contributed by atoms with van der Waals surface area (Å²) in [6.45, 7) is 1.07. The van der Waals surface area contributed by atoms with Crippen molar-refractivity contribution < 1.29 is 28.8 Å². The molecule has 4 aromatic rings. The van der Waals surface area contributed by atoms with E-state index < -0.39 is 29.0 Å². The Hall–Kier alpha value is -4.45. The number of allylic oxidation sites excluding steroid dienone is 2. The second-order valence-electron chi connectivity index (χ2n) is 11.7. The molecule has 4 atom stereocenters. The highest BCUT2D eigenvalue weighted by Crippen LogP contribution is 2.53. The van der Waals surface area contributed by atoms with Crippen LogP contribution >= 0.6 is 39.1 Å². The molecule has 1 saturated heterocycles. The van der Waals surface area contributed by atoms with Crippen molar-refractivity contribution in [1.82, 2.24) is 4.98 Å². The standard InChI is InChI=1S/C34H22BrCl2N3O7/c1-15-30(37)23(35)12-21-22(34(44)47-14-27(41)17-6-9-24(36)26(11-17)40(45)46)13-25(38-31(15)21)16-4-7-20(8-5-16)39-32(42)28-18-2-3-19(10-18)29(28)33(39)43/h2-9,11-13,18-19,28-29H,10,14H2,1H3. The Morgan fingerprint density at radius 2 is 1.68 bits per heavy atom. The number of halogens is 3. The zero-order valence-electron chi connectivity index (χ0n) is 24.4. The van der Waals surface area contributed by atoms with Crippen molar-refractivity contribution in [2.45, 2.75) is 13.3 Å². The quantitative estimate of drug-likeness (QED) is 0.0475. The summed E-state index contributed by atoms with van der Waals surface area (Å²) >= 11 is 15.8. The van der Waals surface area contributed by atoms with Crippen LogP contribution in [0.5, 0.6) is 0 Å². The zero-order chi connectivity index (χ0) is 33.3. The predicted octanol–water partition coefficient (Wildman–Crippen LogP) is 7.54. The van der Waals surface area contributed by atoms with E-state index in [9.17, 15) is 29.3 Å². The first kappa shape index (κ1) is 31.2. The number of benzene rings is 3. The fraction of sp³-hybridized carbons (Fsp3) is 0.206. The molecule has 236 valence electrons. The number of anilines is 1. The van der Waals surface area contributed by atoms with Gasteiger partial charge in [0.05, 0.1) is 44.2 Å². The number of esters is 1. The number of fused-ring (bicyclic) bond motifs is 6. The lowest BCUT2D eigenvalue weighted by atomic mass is 9.85. The summed E-state index contributed by atoms with van der Waals surface area (Å²) in [6, 6.07) is 13.5. The molecule has 3 aromatic carbocycles. The SMILES string of the molecule is Cc1c(Cl)c(Br)cc2c(C(=O)OCC(=O)c3ccc(Cl)c([N+](=O)[O-])c3)cc(-c3ccc(N4C(=O)C5C6C=CC(C6)C5C4=O)cc3)nc12. The monoisotopic (exact) mass is 733 g/mol. The number of ether oxygens (including phenoxy) is 1. The molecule has 3 aliphatic rings. The average Bonchev–Trinajstić information content (AvgIpc) is 3.75. The molecule has 2 aliphatic carbocycles. The lowest BCUT2D eigenvalue weighted by Gasteiger charge is -2.18. The lowest BCUT2D eigenvalue weighted by molar-refractivity contribution is -0.384. The number of carbonyl (C=O) groups is 4. The number of hydrogen-bond acceptors (Lipinski definition) is 8. The number of ketones is 1. The smallest absolute Gasteiger partial charge is 0.339 e. The third-order valence-electron chi connectivity index (χ3n) is 9.13. The number of nitrogens with zero attached hydrogens (tertiary/aromatic N) is 3. The summed E-state index contributed by atoms with van der Waals surface area (Å²) in [7, 11) is 0. The minimum absolute atomic E-state index is 0.0397. The number of imide groups is 1. The van der Waals surface area contributed by atoms with Gasteiger partial charge in [0, 0.05) is 27.1 Å². The maximum Gasteiger partial charge on any atom is 0.339 e. The van der Waals surface area contributed by atoms with Crippen LogP contribution in [0.1, 0.15) is 32.7 Å². The van der Waals surface area contributed by atoms with Crippen LogP contribution in [0.25, 0.3) is 22.2 Å². The number of hydrogen-bond donors (Lipinski definition) is 0. The van der Waals surface area contributed by atoms with Crippen LogP contribution in [-0.4, -0.2) is 40.1 Å². The maximum atomic E-state index is 13.5. The number of rotatable bonds is 7. The molecule has 0 N–H and O–H groups in total. The molecule has 0 spiro atoms. The van der Waals surface area contributed by atoms with Crippen molar-refractivity contribution in [2.75, 3.05) is 11.5 Å². The molecule has 1 saturated carbocycles. The van der Waals surface area contributed by atoms with Crippen LogP contribution in [0.2, 0.25) is 10.0 Å². The first-order valence-corrected chi connectivity index (χ1v) is 16.1. The van der Waals surface area contributed by atoms with Gasteiger partial charge in [-0.15, -0.1) is 0 Å². The van der Waals surface area contributed by atoms with E-state index in [1.165, 1.54) is 23.1 Å². The van der Waals surface area contributed by atoms with E-state index in [1.807, 2.05) is 12.2 Å². The van der Waals surface area contributed by atoms with Gasteiger partial charge < -0.3 is 4.74 Å². The van der Waals surface area contributed by atoms with Gasteiger partial charge in [-0.3, -0.25) is 29.4 Å². The van der Waals surface area contributed by atoms with Gasteiger partial charge in [0.15, 0.2) is 6.61 Å². The second kappa shape index (κ2) is 11.7. The van der Waals surface area contributed by atoms with Crippen LogP contribution < -0.4 is 4.90 Å². The van der Waals surface area contributed by atoms with Crippen LogP contribution in [0.4, 0.5) is 11.4 Å². The van der Waals surface area contributed by atoms with Gasteiger partial charge in [-0.1, -0.05) is 47.5 Å². The normalized spacial score (nSPS) is 21.1. The highest BCUT2D eigenvalue weighted by molar-refractivity contribution is 9.10. The molecule has 1 aromatic heterocycles. The largest absolute Gasteiger partial charge is 0.454 e. The molecule has 47 heavy (non-hydrogen) atoms. The molecule has 10 nitrogen and oxygen atoms in total. The van der Waals surface area contributed by atoms with Crippen molar-refractivity contribution in [3.63, 3.8) is 0 Å². The van der Waals surface area contributed by atoms with E-state index >= 15 is 0 Å². The van der Waals surface area contributed by atoms with Crippen molar-refractivity contribution in [2.24, 2.45) is 23.7 Å². The van der Waals surface area contributed by atoms with Crippen LogP contribution in [0, 0.1) is 40.7 Å². The average molecular weight is 735 g/mol. The Kier molecular flexibility index (Phi) is 7.73. The van der Waals surface area contributed by atoms with Gasteiger partial charge in [-0.05, 0) is 83.1 Å². The molecule has 1 aliphatic heterocycles. The van der Waals surface area contributed by atoms with E-state index in [0.717, 1.165) is 12.5 Å². The summed E-state index contributed by atoms with van der Waals surface area (Å²) in [5.74, 6) is -2.30. The van der Waals surface area contributed by atoms with E-state index in [1.54, 1.807) is 37.3 Å². The Labute approximate surface area is 285 Å². The number of aryl methyl sites for hydroxylation is 1. The van der Waals surface area contributed by atoms with Gasteiger partial charge >= 0.3 is 5.97 Å². The topological polar surface area (TPSA) is 137 Å². The van der Waals surface area contributed by atoms with E-state index in [-0.39, 0.29) is 51.6 Å². The van der Waals surface area contributed by atoms with Crippen LogP contribution in [0.15, 0.2) is 71.2 Å². The molecular weight excluding hydrogens is 713 g/mol. The van der Waals surface area contributed by atoms with Gasteiger partial charge in [-0.25, -0.2) is 9.78 Å². The highest BCUT2D eigenvalue weighted by Gasteiger charge is 2.59. The molecule has 13 heteroatoms. The predicted molar refractivity (Wildman–Crippen MR) is 178 cm³/mol. The van der Waals surface area contributed by atoms with Crippen molar-refractivity contribution >= 4 is 85.0 Å². The number of aromatic nitrogens is 1. The number of carbonyl (C=O) groups excluding carboxylic acids is 4. The number of nitro groups is 1. The van der Waals surface area contributed by atoms with Crippen molar-refractivity contribution in [3.8, 4) is 11.3 Å². The molecule has 2 fully saturated rings. The van der Waals surface area contributed by atoms with Gasteiger partial charge in [0.25, 0.3) is 5.69 Å². The molecule has 2 amide bonds. The fourth-order valence-corrected chi connectivity index (χ4v) is 7.69. The molecule has 7 rings (SSSR count). The van der Waals surface area contributed by atoms with E-state index in [0.29, 0.717) is 42.9 Å². The first-order valence-electron chi connectivity index (χ1n) is 14.5. The minimum atomic E-state index is -0.830. The van der Waals surface area contributed by atoms with E-state index in [4.69, 9.17) is 32.9 Å². The van der Waals surface area contributed by atoms with Crippen LogP contribution in [-0.2, 0) is 14.3 Å². The van der Waals surface area contributed by atoms with Gasteiger partial charge in [0.2, 0.25) is 17.6 Å². The number of Topliss-reactive ketones (excluding diaryl/α,β-unsaturated/α-hetero) is 1. The summed E-state index contributed by atoms with van der Waals surface area (Å²) in [5, 5.41) is 11.9. The minimum Gasteiger partial charge on any atom is -0.454 e. The first-order chi connectivity index (χ1) is 22.4. The highest BCUT2D eigenvalue weighted by atomic mass is 79.9. The fourth-order valence-electron chi connectivity index (χ4n) is 6.83. The second-order valence-corrected chi connectivity index (χ2v) is 13.4. The molecule has 2 heterocycles. The number of amides is 2. The Morgan fingerprint density at radius 3 is 2.32 bits per heavy atom. The Bertz CT molecular complexity index is 2090. The summed E-state index contributed by atoms with van der Waals surface area (Å²) < 4.78 is 5.92. The molecule has 2 bridgehead atoms. The Morgan fingerprint density at radius 1 is 1.02 bits per heavy atom. The summed E-state index contributed by atoms with van der Waals surface area (Å²) in [5.41, 5.74) is 2.07. The van der Waals surface area contributed by atoms with Crippen molar-refractivity contribution in [1.29, 1.82) is 0 Å². The Balaban J connectivity index is 1.19. The zero-order valence-corrected chi connectivity index (χ0v) is 27.5. The third-order valence-corrected chi connectivity index (χ3v) is 10.8. The maximum absolute atomic E-state index is 13.5.